The van der Waals surface area contributed by atoms with Crippen LogP contribution in [0.5, 0.6) is 0 Å². The Morgan fingerprint density at radius 1 is 1.25 bits per heavy atom. The fourth-order valence-electron chi connectivity index (χ4n) is 2.45. The highest BCUT2D eigenvalue weighted by Gasteiger charge is 2.30. The molecule has 6 heteroatoms. The van der Waals surface area contributed by atoms with Crippen molar-refractivity contribution in [1.82, 2.24) is 14.7 Å². The van der Waals surface area contributed by atoms with Crippen LogP contribution in [0.25, 0.3) is 0 Å². The van der Waals surface area contributed by atoms with Gasteiger partial charge in [0.15, 0.2) is 0 Å². The largest absolute Gasteiger partial charge is 0.481 e. The van der Waals surface area contributed by atoms with Crippen LogP contribution in [0.3, 0.4) is 0 Å². The molecule has 0 aromatic carbocycles. The maximum Gasteiger partial charge on any atom is 0.320 e. The molecule has 1 unspecified atom stereocenters. The Balaban J connectivity index is 2.60. The van der Waals surface area contributed by atoms with Crippen LogP contribution in [0.4, 0.5) is 4.79 Å². The number of urea groups is 1. The minimum Gasteiger partial charge on any atom is -0.481 e. The number of piperidine rings is 1. The molecule has 1 fully saturated rings. The number of carboxylic acids is 1. The maximum absolute atomic E-state index is 12.5. The van der Waals surface area contributed by atoms with E-state index in [1.54, 1.807) is 4.90 Å². The average molecular weight is 285 g/mol. The molecule has 2 amide bonds. The molecule has 0 radical (unpaired) electrons. The summed E-state index contributed by atoms with van der Waals surface area (Å²) in [5.74, 6) is -1.21. The van der Waals surface area contributed by atoms with Crippen molar-refractivity contribution in [2.24, 2.45) is 5.92 Å². The van der Waals surface area contributed by atoms with E-state index >= 15 is 0 Å². The lowest BCUT2D eigenvalue weighted by molar-refractivity contribution is -0.143. The zero-order valence-electron chi connectivity index (χ0n) is 12.8. The second-order valence-electron chi connectivity index (χ2n) is 5.70. The fraction of sp³-hybridized carbons (Fsp3) is 0.857. The summed E-state index contributed by atoms with van der Waals surface area (Å²) in [6.45, 7) is 5.30. The van der Waals surface area contributed by atoms with Gasteiger partial charge in [-0.25, -0.2) is 4.79 Å². The third-order valence-corrected chi connectivity index (χ3v) is 3.62. The number of carbonyl (C=O) groups excluding carboxylic acids is 1. The first kappa shape index (κ1) is 16.8. The Morgan fingerprint density at radius 3 is 2.50 bits per heavy atom. The van der Waals surface area contributed by atoms with E-state index in [0.29, 0.717) is 26.1 Å². The van der Waals surface area contributed by atoms with Crippen molar-refractivity contribution >= 4 is 12.0 Å². The Bertz CT molecular complexity index is 334. The molecule has 1 aliphatic heterocycles. The highest BCUT2D eigenvalue weighted by Crippen LogP contribution is 2.18. The molecule has 0 aliphatic carbocycles. The number of carboxylic acid groups (broad SMARTS) is 1. The molecule has 20 heavy (non-hydrogen) atoms. The number of likely N-dealkylation sites (tertiary alicyclic amines) is 1. The molecule has 0 bridgehead atoms. The number of carbonyl (C=O) groups is 2. The summed E-state index contributed by atoms with van der Waals surface area (Å²) < 4.78 is 0. The Hall–Kier alpha value is -1.30. The monoisotopic (exact) mass is 285 g/mol. The van der Waals surface area contributed by atoms with Gasteiger partial charge >= 0.3 is 12.0 Å². The fourth-order valence-corrected chi connectivity index (χ4v) is 2.45. The molecule has 1 aliphatic rings. The summed E-state index contributed by atoms with van der Waals surface area (Å²) in [6.07, 6.45) is 2.36. The van der Waals surface area contributed by atoms with Crippen LogP contribution < -0.4 is 0 Å². The number of aliphatic carboxylic acids is 1. The van der Waals surface area contributed by atoms with Crippen LogP contribution in [-0.2, 0) is 4.79 Å². The highest BCUT2D eigenvalue weighted by molar-refractivity contribution is 5.76. The van der Waals surface area contributed by atoms with Crippen molar-refractivity contribution in [2.45, 2.75) is 26.2 Å². The van der Waals surface area contributed by atoms with Crippen molar-refractivity contribution in [3.8, 4) is 0 Å². The molecule has 6 nitrogen and oxygen atoms in total. The molecule has 1 N–H and O–H groups in total. The van der Waals surface area contributed by atoms with Crippen LogP contribution >= 0.6 is 0 Å². The van der Waals surface area contributed by atoms with Gasteiger partial charge in [-0.2, -0.15) is 0 Å². The minimum absolute atomic E-state index is 0.0142. The number of likely N-dealkylation sites (N-methyl/N-ethyl adjacent to an activating group) is 1. The van der Waals surface area contributed by atoms with Crippen LogP contribution in [0.1, 0.15) is 26.2 Å². The molecular weight excluding hydrogens is 258 g/mol. The standard InChI is InChI=1S/C14H27N3O3/c1-4-7-16(10-9-15(2)3)14(20)17-8-5-6-12(11-17)13(18)19/h12H,4-11H2,1-3H3,(H,18,19). The highest BCUT2D eigenvalue weighted by atomic mass is 16.4. The summed E-state index contributed by atoms with van der Waals surface area (Å²) >= 11 is 0. The topological polar surface area (TPSA) is 64.1 Å². The van der Waals surface area contributed by atoms with E-state index in [2.05, 4.69) is 0 Å². The van der Waals surface area contributed by atoms with Gasteiger partial charge in [-0.15, -0.1) is 0 Å². The van der Waals surface area contributed by atoms with E-state index in [1.807, 2.05) is 30.8 Å². The second kappa shape index (κ2) is 8.09. The van der Waals surface area contributed by atoms with Gasteiger partial charge in [-0.1, -0.05) is 6.92 Å². The molecule has 0 aromatic heterocycles. The van der Waals surface area contributed by atoms with E-state index < -0.39 is 11.9 Å². The van der Waals surface area contributed by atoms with Crippen LogP contribution in [0.2, 0.25) is 0 Å². The minimum atomic E-state index is -0.794. The summed E-state index contributed by atoms with van der Waals surface area (Å²) in [4.78, 5) is 29.2. The molecule has 0 spiro atoms. The Labute approximate surface area is 121 Å². The van der Waals surface area contributed by atoms with E-state index in [0.717, 1.165) is 25.9 Å². The SMILES string of the molecule is CCCN(CCN(C)C)C(=O)N1CCCC(C(=O)O)C1. The van der Waals surface area contributed by atoms with E-state index in [1.165, 1.54) is 0 Å². The summed E-state index contributed by atoms with van der Waals surface area (Å²) in [7, 11) is 3.96. The van der Waals surface area contributed by atoms with Crippen molar-refractivity contribution in [1.29, 1.82) is 0 Å². The molecule has 116 valence electrons. The van der Waals surface area contributed by atoms with Gasteiger partial charge in [0, 0.05) is 32.7 Å². The van der Waals surface area contributed by atoms with Crippen LogP contribution in [0, 0.1) is 5.92 Å². The molecule has 1 rings (SSSR count). The van der Waals surface area contributed by atoms with E-state index in [9.17, 15) is 9.59 Å². The van der Waals surface area contributed by atoms with Crippen molar-refractivity contribution < 1.29 is 14.7 Å². The van der Waals surface area contributed by atoms with Gasteiger partial charge in [0.25, 0.3) is 0 Å². The number of amides is 2. The first-order valence-corrected chi connectivity index (χ1v) is 7.37. The predicted octanol–water partition coefficient (Wildman–Crippen LogP) is 1.18. The van der Waals surface area contributed by atoms with E-state index in [-0.39, 0.29) is 6.03 Å². The van der Waals surface area contributed by atoms with E-state index in [4.69, 9.17) is 5.11 Å². The van der Waals surface area contributed by atoms with Gasteiger partial charge < -0.3 is 19.8 Å². The Morgan fingerprint density at radius 2 is 1.95 bits per heavy atom. The normalized spacial score (nSPS) is 19.2. The zero-order valence-corrected chi connectivity index (χ0v) is 12.8. The lowest BCUT2D eigenvalue weighted by Crippen LogP contribution is -2.50. The molecule has 0 aromatic rings. The molecule has 1 saturated heterocycles. The predicted molar refractivity (Wildman–Crippen MR) is 77.7 cm³/mol. The van der Waals surface area contributed by atoms with Crippen molar-refractivity contribution in [3.05, 3.63) is 0 Å². The number of hydrogen-bond acceptors (Lipinski definition) is 3. The number of rotatable bonds is 6. The second-order valence-corrected chi connectivity index (χ2v) is 5.70. The average Bonchev–Trinajstić information content (AvgIpc) is 2.42. The van der Waals surface area contributed by atoms with Crippen LogP contribution in [-0.4, -0.2) is 78.6 Å². The van der Waals surface area contributed by atoms with Crippen LogP contribution in [0.15, 0.2) is 0 Å². The van der Waals surface area contributed by atoms with Crippen molar-refractivity contribution in [3.63, 3.8) is 0 Å². The quantitative estimate of drug-likeness (QED) is 0.796. The smallest absolute Gasteiger partial charge is 0.320 e. The van der Waals surface area contributed by atoms with Gasteiger partial charge in [0.05, 0.1) is 5.92 Å². The van der Waals surface area contributed by atoms with Crippen molar-refractivity contribution in [2.75, 3.05) is 46.8 Å². The summed E-state index contributed by atoms with van der Waals surface area (Å²) in [5.41, 5.74) is 0. The molecule has 0 saturated carbocycles. The zero-order chi connectivity index (χ0) is 15.1. The van der Waals surface area contributed by atoms with Gasteiger partial charge in [0.2, 0.25) is 0 Å². The molecular formula is C14H27N3O3. The molecule has 1 heterocycles. The third kappa shape index (κ3) is 5.00. The lowest BCUT2D eigenvalue weighted by atomic mass is 9.98. The third-order valence-electron chi connectivity index (χ3n) is 3.62. The number of hydrogen-bond donors (Lipinski definition) is 1. The first-order chi connectivity index (χ1) is 9.45. The summed E-state index contributed by atoms with van der Waals surface area (Å²) in [5, 5.41) is 9.10. The number of nitrogens with zero attached hydrogens (tertiary/aromatic N) is 3. The van der Waals surface area contributed by atoms with Gasteiger partial charge in [-0.05, 0) is 33.4 Å². The van der Waals surface area contributed by atoms with Gasteiger partial charge in [0.1, 0.15) is 0 Å². The lowest BCUT2D eigenvalue weighted by Gasteiger charge is -2.35. The maximum atomic E-state index is 12.5. The first-order valence-electron chi connectivity index (χ1n) is 7.37. The Kier molecular flexibility index (Phi) is 6.78. The summed E-state index contributed by atoms with van der Waals surface area (Å²) in [6, 6.07) is -0.0142. The van der Waals surface area contributed by atoms with Gasteiger partial charge in [-0.3, -0.25) is 4.79 Å². The molecule has 1 atom stereocenters.